The first-order valence-corrected chi connectivity index (χ1v) is 14.7. The molecule has 0 aliphatic heterocycles. The van der Waals surface area contributed by atoms with Crippen molar-refractivity contribution in [2.45, 2.75) is 32.2 Å². The second-order valence-electron chi connectivity index (χ2n) is 9.38. The van der Waals surface area contributed by atoms with Crippen LogP contribution in [0, 0.1) is 6.92 Å². The number of rotatable bonds is 12. The molecule has 1 aromatic heterocycles. The fourth-order valence-electron chi connectivity index (χ4n) is 4.32. The van der Waals surface area contributed by atoms with E-state index < -0.39 is 17.9 Å². The van der Waals surface area contributed by atoms with Gasteiger partial charge in [0.2, 0.25) is 5.88 Å². The molecule has 0 aliphatic carbocycles. The number of nitrogens with one attached hydrogen (secondary N) is 1. The van der Waals surface area contributed by atoms with Crippen molar-refractivity contribution < 1.29 is 39.7 Å². The number of pyridine rings is 1. The van der Waals surface area contributed by atoms with E-state index in [2.05, 4.69) is 10.3 Å². The molecule has 4 rings (SSSR count). The molecule has 0 aliphatic rings. The van der Waals surface area contributed by atoms with Gasteiger partial charge >= 0.3 is 24.8 Å². The minimum atomic E-state index is -1.03. The van der Waals surface area contributed by atoms with Crippen LogP contribution in [0.3, 0.4) is 0 Å². The second kappa shape index (κ2) is 15.7. The van der Waals surface area contributed by atoms with Crippen LogP contribution in [0.25, 0.3) is 11.1 Å². The Kier molecular flexibility index (Phi) is 12.4. The fourth-order valence-corrected chi connectivity index (χ4v) is 4.97. The molecule has 0 unspecified atom stereocenters. The van der Waals surface area contributed by atoms with Crippen LogP contribution >= 0.6 is 23.4 Å². The number of hydrogen-bond donors (Lipinski definition) is 2. The third-order valence-electron chi connectivity index (χ3n) is 6.53. The Morgan fingerprint density at radius 3 is 2.39 bits per heavy atom. The number of hydrogen-bond acceptors (Lipinski definition) is 5. The van der Waals surface area contributed by atoms with E-state index >= 15 is 0 Å². The molecule has 1 atom stereocenters. The topological polar surface area (TPSA) is 88.5 Å². The summed E-state index contributed by atoms with van der Waals surface area (Å²) in [6.07, 6.45) is 5.54. The number of carboxylic acid groups (broad SMARTS) is 1. The van der Waals surface area contributed by atoms with Crippen LogP contribution in [-0.2, 0) is 17.6 Å². The molecule has 1 heterocycles. The first kappa shape index (κ1) is 32.3. The number of aliphatic carboxylic acids is 1. The molecular formula is C32H32ClLiN2O4S. The molecule has 2 N–H and O–H groups in total. The van der Waals surface area contributed by atoms with Crippen LogP contribution in [-0.4, -0.2) is 40.0 Å². The molecule has 208 valence electrons. The number of para-hydroxylation sites is 1. The normalized spacial score (nSPS) is 11.3. The minimum Gasteiger partial charge on any atom is -1.00 e. The zero-order valence-corrected chi connectivity index (χ0v) is 25.0. The van der Waals surface area contributed by atoms with E-state index in [0.717, 1.165) is 40.7 Å². The Morgan fingerprint density at radius 2 is 1.71 bits per heavy atom. The fraction of sp³-hybridized carbons (Fsp3) is 0.219. The minimum absolute atomic E-state index is 0. The summed E-state index contributed by atoms with van der Waals surface area (Å²) in [5.74, 6) is 0.232. The zero-order chi connectivity index (χ0) is 28.5. The summed E-state index contributed by atoms with van der Waals surface area (Å²) in [6, 6.07) is 23.7. The van der Waals surface area contributed by atoms with Gasteiger partial charge in [0.15, 0.2) is 0 Å². The molecule has 41 heavy (non-hydrogen) atoms. The first-order chi connectivity index (χ1) is 19.4. The molecule has 0 saturated carbocycles. The molecule has 0 spiro atoms. The third kappa shape index (κ3) is 8.88. The van der Waals surface area contributed by atoms with Gasteiger partial charge in [0, 0.05) is 17.8 Å². The molecule has 4 aromatic rings. The summed E-state index contributed by atoms with van der Waals surface area (Å²) in [5.41, 5.74) is 5.31. The van der Waals surface area contributed by atoms with Gasteiger partial charge in [-0.15, -0.1) is 0 Å². The van der Waals surface area contributed by atoms with Gasteiger partial charge < -0.3 is 16.6 Å². The van der Waals surface area contributed by atoms with Crippen molar-refractivity contribution in [3.63, 3.8) is 0 Å². The Hall–Kier alpha value is -3.21. The molecular weight excluding hydrogens is 551 g/mol. The molecule has 0 radical (unpaired) electrons. The second-order valence-corrected chi connectivity index (χ2v) is 10.8. The predicted octanol–water partition coefficient (Wildman–Crippen LogP) is 4.34. The number of carbonyl (C=O) groups excluding carboxylic acids is 1. The summed E-state index contributed by atoms with van der Waals surface area (Å²) >= 11 is 7.72. The quantitative estimate of drug-likeness (QED) is 0.242. The van der Waals surface area contributed by atoms with E-state index in [1.54, 1.807) is 36.2 Å². The summed E-state index contributed by atoms with van der Waals surface area (Å²) in [6.45, 7) is 2.00. The van der Waals surface area contributed by atoms with Crippen LogP contribution in [0.4, 0.5) is 0 Å². The number of benzene rings is 3. The maximum absolute atomic E-state index is 13.3. The first-order valence-electron chi connectivity index (χ1n) is 12.9. The Morgan fingerprint density at radius 1 is 1.00 bits per heavy atom. The average Bonchev–Trinajstić information content (AvgIpc) is 2.96. The largest absolute Gasteiger partial charge is 1.00 e. The summed E-state index contributed by atoms with van der Waals surface area (Å²) in [7, 11) is 0. The van der Waals surface area contributed by atoms with Crippen molar-refractivity contribution in [3.8, 4) is 22.8 Å². The molecule has 6 nitrogen and oxygen atoms in total. The van der Waals surface area contributed by atoms with Crippen molar-refractivity contribution in [3.05, 3.63) is 112 Å². The number of thioether (sulfide) groups is 1. The van der Waals surface area contributed by atoms with Gasteiger partial charge in [0.25, 0.3) is 5.91 Å². The molecule has 3 aromatic carbocycles. The van der Waals surface area contributed by atoms with Gasteiger partial charge in [-0.3, -0.25) is 4.79 Å². The SMILES string of the molecule is CSCC[C@H](NC(=O)c1ccc(CCc2ccc(Oc3ccccc3Cl)nc2)cc1-c1ccccc1C)C(=O)O.[H-].[Li+]. The molecule has 0 fully saturated rings. The standard InChI is InChI=1S/C32H31ClN2O4S.Li.H/c1-21-7-3-4-8-24(21)26-19-22(13-15-25(26)31(36)35-28(32(37)38)17-18-40-2)11-12-23-14-16-30(34-20-23)39-29-10-6-5-9-27(29)33;;/h3-10,13-16,19-20,28H,11-12,17-18H2,1-2H3,(H,35,36)(H,37,38);;/q;+1;-1/t28-;;/m0../s1. The maximum atomic E-state index is 13.3. The van der Waals surface area contributed by atoms with E-state index in [9.17, 15) is 14.7 Å². The maximum Gasteiger partial charge on any atom is 1.00 e. The van der Waals surface area contributed by atoms with Gasteiger partial charge in [-0.25, -0.2) is 9.78 Å². The number of amides is 1. The molecule has 0 bridgehead atoms. The molecule has 0 saturated heterocycles. The van der Waals surface area contributed by atoms with Crippen LogP contribution in [0.1, 0.15) is 34.9 Å². The van der Waals surface area contributed by atoms with Crippen molar-refractivity contribution in [1.29, 1.82) is 0 Å². The number of aryl methyl sites for hydroxylation is 3. The van der Waals surface area contributed by atoms with E-state index in [1.165, 1.54) is 0 Å². The van der Waals surface area contributed by atoms with Gasteiger partial charge in [-0.05, 0) is 84.2 Å². The van der Waals surface area contributed by atoms with E-state index in [-0.39, 0.29) is 20.3 Å². The van der Waals surface area contributed by atoms with Crippen molar-refractivity contribution in [2.24, 2.45) is 0 Å². The molecule has 1 amide bonds. The predicted molar refractivity (Wildman–Crippen MR) is 163 cm³/mol. The van der Waals surface area contributed by atoms with E-state index in [4.69, 9.17) is 16.3 Å². The van der Waals surface area contributed by atoms with E-state index in [0.29, 0.717) is 34.4 Å². The number of aromatic nitrogens is 1. The van der Waals surface area contributed by atoms with Crippen LogP contribution in [0.5, 0.6) is 11.6 Å². The number of ether oxygens (including phenoxy) is 1. The molecule has 9 heteroatoms. The van der Waals surface area contributed by atoms with Gasteiger partial charge in [-0.1, -0.05) is 66.2 Å². The van der Waals surface area contributed by atoms with Crippen LogP contribution in [0.15, 0.2) is 85.1 Å². The van der Waals surface area contributed by atoms with Gasteiger partial charge in [0.1, 0.15) is 11.8 Å². The average molecular weight is 583 g/mol. The third-order valence-corrected chi connectivity index (χ3v) is 7.49. The summed E-state index contributed by atoms with van der Waals surface area (Å²) in [5, 5.41) is 12.9. The van der Waals surface area contributed by atoms with Gasteiger partial charge in [0.05, 0.1) is 5.02 Å². The summed E-state index contributed by atoms with van der Waals surface area (Å²) < 4.78 is 5.78. The number of carbonyl (C=O) groups is 2. The van der Waals surface area contributed by atoms with Gasteiger partial charge in [-0.2, -0.15) is 11.8 Å². The smallest absolute Gasteiger partial charge is 1.00 e. The Labute approximate surface area is 263 Å². The number of nitrogens with zero attached hydrogens (tertiary/aromatic N) is 1. The van der Waals surface area contributed by atoms with Crippen molar-refractivity contribution >= 4 is 35.2 Å². The van der Waals surface area contributed by atoms with Crippen molar-refractivity contribution in [1.82, 2.24) is 10.3 Å². The Balaban J connectivity index is 0.00000308. The van der Waals surface area contributed by atoms with Crippen LogP contribution < -0.4 is 28.9 Å². The number of carboxylic acids is 1. The van der Waals surface area contributed by atoms with Crippen molar-refractivity contribution in [2.75, 3.05) is 12.0 Å². The monoisotopic (exact) mass is 582 g/mol. The zero-order valence-electron chi connectivity index (χ0n) is 24.4. The van der Waals surface area contributed by atoms with E-state index in [1.807, 2.05) is 73.8 Å². The van der Waals surface area contributed by atoms with Crippen LogP contribution in [0.2, 0.25) is 5.02 Å². The summed E-state index contributed by atoms with van der Waals surface area (Å²) in [4.78, 5) is 29.5. The Bertz CT molecular complexity index is 1490. The number of halogens is 1.